The summed E-state index contributed by atoms with van der Waals surface area (Å²) >= 11 is 1.39. The van der Waals surface area contributed by atoms with Crippen molar-refractivity contribution in [2.45, 2.75) is 65.0 Å². The predicted octanol–water partition coefficient (Wildman–Crippen LogP) is 3.80. The summed E-state index contributed by atoms with van der Waals surface area (Å²) in [5.41, 5.74) is 1.57. The van der Waals surface area contributed by atoms with Gasteiger partial charge in [0.2, 0.25) is 0 Å². The van der Waals surface area contributed by atoms with Gasteiger partial charge < -0.3 is 10.1 Å². The number of carbonyl (C=O) groups excluding carboxylic acids is 1. The third-order valence-electron chi connectivity index (χ3n) is 4.33. The molecule has 0 aromatic carbocycles. The fourth-order valence-electron chi connectivity index (χ4n) is 2.96. The number of aryl methyl sites for hydroxylation is 1. The first-order valence-electron chi connectivity index (χ1n) is 7.39. The van der Waals surface area contributed by atoms with Crippen molar-refractivity contribution in [1.29, 1.82) is 0 Å². The van der Waals surface area contributed by atoms with Gasteiger partial charge in [0.25, 0.3) is 0 Å². The Morgan fingerprint density at radius 1 is 1.50 bits per heavy atom. The zero-order chi connectivity index (χ0) is 14.8. The van der Waals surface area contributed by atoms with Crippen molar-refractivity contribution in [2.75, 3.05) is 11.9 Å². The van der Waals surface area contributed by atoms with Crippen LogP contribution in [0.4, 0.5) is 5.00 Å². The van der Waals surface area contributed by atoms with Crippen LogP contribution in [-0.2, 0) is 4.74 Å². The second-order valence-electron chi connectivity index (χ2n) is 5.60. The van der Waals surface area contributed by atoms with Crippen molar-refractivity contribution in [3.05, 3.63) is 11.3 Å². The molecule has 0 amide bonds. The van der Waals surface area contributed by atoms with Crippen LogP contribution in [0.1, 0.15) is 62.5 Å². The van der Waals surface area contributed by atoms with E-state index in [1.807, 2.05) is 6.92 Å². The zero-order valence-electron chi connectivity index (χ0n) is 12.8. The Hall–Kier alpha value is -0.940. The van der Waals surface area contributed by atoms with Gasteiger partial charge in [-0.1, -0.05) is 13.8 Å². The Labute approximate surface area is 125 Å². The van der Waals surface area contributed by atoms with E-state index in [0.29, 0.717) is 6.04 Å². The van der Waals surface area contributed by atoms with Gasteiger partial charge in [0.05, 0.1) is 16.9 Å². The molecule has 1 aliphatic heterocycles. The fraction of sp³-hybridized carbons (Fsp3) is 0.733. The van der Waals surface area contributed by atoms with Gasteiger partial charge in [-0.2, -0.15) is 4.37 Å². The topological polar surface area (TPSA) is 51.2 Å². The lowest BCUT2D eigenvalue weighted by molar-refractivity contribution is -0.0864. The summed E-state index contributed by atoms with van der Waals surface area (Å²) in [6, 6.07) is 0.363. The highest BCUT2D eigenvalue weighted by Gasteiger charge is 2.35. The minimum absolute atomic E-state index is 0.00790. The first-order chi connectivity index (χ1) is 9.51. The van der Waals surface area contributed by atoms with E-state index in [1.165, 1.54) is 11.5 Å². The molecule has 1 N–H and O–H groups in total. The number of ether oxygens (including phenoxy) is 1. The van der Waals surface area contributed by atoms with Gasteiger partial charge in [-0.15, -0.1) is 0 Å². The number of anilines is 1. The van der Waals surface area contributed by atoms with Gasteiger partial charge in [-0.3, -0.25) is 4.79 Å². The molecule has 1 aromatic heterocycles. The summed E-state index contributed by atoms with van der Waals surface area (Å²) in [4.78, 5) is 11.7. The minimum Gasteiger partial charge on any atom is -0.375 e. The Bertz CT molecular complexity index is 480. The highest BCUT2D eigenvalue weighted by Crippen LogP contribution is 2.34. The molecule has 0 spiro atoms. The summed E-state index contributed by atoms with van der Waals surface area (Å²) in [6.45, 7) is 8.65. The van der Waals surface area contributed by atoms with E-state index < -0.39 is 0 Å². The maximum absolute atomic E-state index is 11.7. The molecule has 1 unspecified atom stereocenters. The van der Waals surface area contributed by atoms with Gasteiger partial charge in [-0.05, 0) is 51.1 Å². The molecule has 4 nitrogen and oxygen atoms in total. The van der Waals surface area contributed by atoms with Crippen molar-refractivity contribution >= 4 is 22.3 Å². The molecule has 1 saturated heterocycles. The molecular formula is C15H24N2O2S. The molecule has 1 fully saturated rings. The van der Waals surface area contributed by atoms with Crippen LogP contribution in [0.15, 0.2) is 0 Å². The second kappa shape index (κ2) is 6.22. The highest BCUT2D eigenvalue weighted by molar-refractivity contribution is 7.10. The SMILES string of the molecule is CCC1(CC)CC(Nc2snc(C)c2C(C)=O)CCO1. The van der Waals surface area contributed by atoms with Crippen LogP contribution < -0.4 is 5.32 Å². The first kappa shape index (κ1) is 15.4. The van der Waals surface area contributed by atoms with Crippen molar-refractivity contribution in [3.63, 3.8) is 0 Å². The normalized spacial score (nSPS) is 21.7. The summed E-state index contributed by atoms with van der Waals surface area (Å²) in [7, 11) is 0. The average molecular weight is 296 g/mol. The van der Waals surface area contributed by atoms with E-state index in [1.54, 1.807) is 6.92 Å². The van der Waals surface area contributed by atoms with Gasteiger partial charge in [-0.25, -0.2) is 0 Å². The van der Waals surface area contributed by atoms with E-state index in [2.05, 4.69) is 23.5 Å². The van der Waals surface area contributed by atoms with Crippen LogP contribution in [-0.4, -0.2) is 28.4 Å². The maximum atomic E-state index is 11.7. The summed E-state index contributed by atoms with van der Waals surface area (Å²) < 4.78 is 10.3. The van der Waals surface area contributed by atoms with Crippen LogP contribution in [0.2, 0.25) is 0 Å². The van der Waals surface area contributed by atoms with Crippen molar-refractivity contribution in [2.24, 2.45) is 0 Å². The molecule has 1 aromatic rings. The number of hydrogen-bond acceptors (Lipinski definition) is 5. The number of nitrogens with zero attached hydrogens (tertiary/aromatic N) is 1. The Kier molecular flexibility index (Phi) is 4.81. The predicted molar refractivity (Wildman–Crippen MR) is 82.8 cm³/mol. The average Bonchev–Trinajstić information content (AvgIpc) is 2.80. The fourth-order valence-corrected chi connectivity index (χ4v) is 3.88. The molecule has 0 radical (unpaired) electrons. The lowest BCUT2D eigenvalue weighted by Gasteiger charge is -2.40. The first-order valence-corrected chi connectivity index (χ1v) is 8.16. The molecule has 20 heavy (non-hydrogen) atoms. The van der Waals surface area contributed by atoms with Crippen molar-refractivity contribution in [3.8, 4) is 0 Å². The van der Waals surface area contributed by atoms with Crippen LogP contribution >= 0.6 is 11.5 Å². The number of rotatable bonds is 5. The van der Waals surface area contributed by atoms with E-state index in [-0.39, 0.29) is 11.4 Å². The number of nitrogens with one attached hydrogen (secondary N) is 1. The molecule has 5 heteroatoms. The van der Waals surface area contributed by atoms with E-state index in [0.717, 1.165) is 48.5 Å². The summed E-state index contributed by atoms with van der Waals surface area (Å²) in [6.07, 6.45) is 4.04. The van der Waals surface area contributed by atoms with E-state index >= 15 is 0 Å². The number of carbonyl (C=O) groups is 1. The molecule has 112 valence electrons. The standard InChI is InChI=1S/C15H24N2O2S/c1-5-15(6-2)9-12(7-8-19-15)16-14-13(11(4)18)10(3)17-20-14/h12,16H,5-9H2,1-4H3. The monoisotopic (exact) mass is 296 g/mol. The quantitative estimate of drug-likeness (QED) is 0.840. The molecule has 2 rings (SSSR count). The van der Waals surface area contributed by atoms with Gasteiger partial charge in [0, 0.05) is 12.6 Å². The van der Waals surface area contributed by atoms with Gasteiger partial charge in [0.1, 0.15) is 5.00 Å². The largest absolute Gasteiger partial charge is 0.375 e. The zero-order valence-corrected chi connectivity index (χ0v) is 13.6. The Balaban J connectivity index is 2.12. The van der Waals surface area contributed by atoms with Crippen LogP contribution in [0.5, 0.6) is 0 Å². The van der Waals surface area contributed by atoms with Crippen LogP contribution in [0.3, 0.4) is 0 Å². The smallest absolute Gasteiger partial charge is 0.164 e. The lowest BCUT2D eigenvalue weighted by atomic mass is 9.86. The Morgan fingerprint density at radius 3 is 2.80 bits per heavy atom. The lowest BCUT2D eigenvalue weighted by Crippen LogP contribution is -2.43. The molecule has 1 atom stereocenters. The van der Waals surface area contributed by atoms with Crippen LogP contribution in [0.25, 0.3) is 0 Å². The highest BCUT2D eigenvalue weighted by atomic mass is 32.1. The van der Waals surface area contributed by atoms with E-state index in [9.17, 15) is 4.79 Å². The van der Waals surface area contributed by atoms with Crippen molar-refractivity contribution in [1.82, 2.24) is 4.37 Å². The minimum atomic E-state index is -0.00790. The number of Topliss-reactive ketones (excluding diaryl/α,β-unsaturated/α-hetero) is 1. The molecule has 1 aliphatic rings. The number of aromatic nitrogens is 1. The molecular weight excluding hydrogens is 272 g/mol. The third-order valence-corrected chi connectivity index (χ3v) is 5.20. The van der Waals surface area contributed by atoms with Gasteiger partial charge >= 0.3 is 0 Å². The number of ketones is 1. The molecule has 0 bridgehead atoms. The third kappa shape index (κ3) is 3.04. The molecule has 0 saturated carbocycles. The molecule has 2 heterocycles. The Morgan fingerprint density at radius 2 is 2.20 bits per heavy atom. The summed E-state index contributed by atoms with van der Waals surface area (Å²) in [5.74, 6) is 0.0862. The number of hydrogen-bond donors (Lipinski definition) is 1. The van der Waals surface area contributed by atoms with E-state index in [4.69, 9.17) is 4.74 Å². The van der Waals surface area contributed by atoms with Crippen molar-refractivity contribution < 1.29 is 9.53 Å². The summed E-state index contributed by atoms with van der Waals surface area (Å²) in [5, 5.41) is 4.45. The van der Waals surface area contributed by atoms with Crippen LogP contribution in [0, 0.1) is 6.92 Å². The molecule has 0 aliphatic carbocycles. The van der Waals surface area contributed by atoms with Gasteiger partial charge in [0.15, 0.2) is 5.78 Å². The second-order valence-corrected chi connectivity index (χ2v) is 6.37. The maximum Gasteiger partial charge on any atom is 0.164 e.